The molecule has 1 amide bonds. The number of anilines is 1. The maximum atomic E-state index is 12.7. The molecule has 1 heterocycles. The number of benzene rings is 2. The van der Waals surface area contributed by atoms with E-state index in [4.69, 9.17) is 14.7 Å². The summed E-state index contributed by atoms with van der Waals surface area (Å²) in [6.07, 6.45) is 1.24. The van der Waals surface area contributed by atoms with Crippen molar-refractivity contribution in [1.82, 2.24) is 5.32 Å². The number of fused-ring (bicyclic) bond motifs is 1. The van der Waals surface area contributed by atoms with Crippen molar-refractivity contribution in [2.45, 2.75) is 38.8 Å². The average Bonchev–Trinajstić information content (AvgIpc) is 2.77. The number of hydrogen-bond donors (Lipinski definition) is 1. The molecular formula is C23H27N3O3. The highest BCUT2D eigenvalue weighted by Crippen LogP contribution is 2.33. The molecule has 152 valence electrons. The molecule has 0 radical (unpaired) electrons. The van der Waals surface area contributed by atoms with Crippen LogP contribution in [0.4, 0.5) is 5.69 Å². The lowest BCUT2D eigenvalue weighted by Crippen LogP contribution is -2.51. The van der Waals surface area contributed by atoms with Crippen LogP contribution in [0, 0.1) is 11.3 Å². The molecule has 6 heteroatoms. The summed E-state index contributed by atoms with van der Waals surface area (Å²) in [4.78, 5) is 14.8. The number of nitriles is 1. The number of nitrogens with one attached hydrogen (secondary N) is 1. The summed E-state index contributed by atoms with van der Waals surface area (Å²) >= 11 is 0. The minimum Gasteiger partial charge on any atom is -0.492 e. The molecular weight excluding hydrogens is 366 g/mol. The normalized spacial score (nSPS) is 15.2. The third-order valence-electron chi connectivity index (χ3n) is 5.10. The van der Waals surface area contributed by atoms with E-state index >= 15 is 0 Å². The predicted molar refractivity (Wildman–Crippen MR) is 112 cm³/mol. The van der Waals surface area contributed by atoms with E-state index in [-0.39, 0.29) is 11.9 Å². The molecule has 1 N–H and O–H groups in total. The molecule has 3 rings (SSSR count). The van der Waals surface area contributed by atoms with Gasteiger partial charge in [-0.2, -0.15) is 5.26 Å². The van der Waals surface area contributed by atoms with Gasteiger partial charge < -0.3 is 19.7 Å². The summed E-state index contributed by atoms with van der Waals surface area (Å²) in [7, 11) is 0. The van der Waals surface area contributed by atoms with Gasteiger partial charge in [0.05, 0.1) is 30.4 Å². The number of carbonyl (C=O) groups excluding carboxylic acids is 1. The molecule has 2 aromatic carbocycles. The monoisotopic (exact) mass is 393 g/mol. The zero-order chi connectivity index (χ0) is 20.6. The molecule has 1 aliphatic heterocycles. The Labute approximate surface area is 172 Å². The molecule has 0 aliphatic carbocycles. The lowest BCUT2D eigenvalue weighted by molar-refractivity contribution is -0.128. The topological polar surface area (TPSA) is 74.6 Å². The Balaban J connectivity index is 1.64. The van der Waals surface area contributed by atoms with Gasteiger partial charge in [0.15, 0.2) is 6.10 Å². The molecule has 0 bridgehead atoms. The first kappa shape index (κ1) is 20.5. The van der Waals surface area contributed by atoms with Crippen molar-refractivity contribution < 1.29 is 14.3 Å². The summed E-state index contributed by atoms with van der Waals surface area (Å²) in [6.45, 7) is 5.69. The highest BCUT2D eigenvalue weighted by atomic mass is 16.5. The van der Waals surface area contributed by atoms with Gasteiger partial charge >= 0.3 is 0 Å². The standard InChI is InChI=1S/C23H27N3O3/c1-3-18(4-2)25-23(27)22-16-26(20-7-5-6-8-21(20)29-22)13-14-28-19-11-9-17(15-24)10-12-19/h5-12,18,22H,3-4,13-14,16H2,1-2H3,(H,25,27). The first-order chi connectivity index (χ1) is 14.1. The van der Waals surface area contributed by atoms with Crippen molar-refractivity contribution in [2.24, 2.45) is 0 Å². The fraction of sp³-hybridized carbons (Fsp3) is 0.391. The first-order valence-electron chi connectivity index (χ1n) is 10.1. The zero-order valence-corrected chi connectivity index (χ0v) is 16.9. The van der Waals surface area contributed by atoms with Crippen molar-refractivity contribution >= 4 is 11.6 Å². The molecule has 1 aliphatic rings. The SMILES string of the molecule is CCC(CC)NC(=O)C1CN(CCOc2ccc(C#N)cc2)c2ccccc2O1. The quantitative estimate of drug-likeness (QED) is 0.743. The smallest absolute Gasteiger partial charge is 0.263 e. The summed E-state index contributed by atoms with van der Waals surface area (Å²) in [5, 5.41) is 12.0. The van der Waals surface area contributed by atoms with E-state index in [9.17, 15) is 4.79 Å². The van der Waals surface area contributed by atoms with Crippen LogP contribution in [-0.4, -0.2) is 37.7 Å². The van der Waals surface area contributed by atoms with Crippen molar-refractivity contribution in [1.29, 1.82) is 5.26 Å². The number of rotatable bonds is 8. The van der Waals surface area contributed by atoms with Gasteiger partial charge in [0, 0.05) is 6.04 Å². The van der Waals surface area contributed by atoms with Crippen molar-refractivity contribution in [3.05, 3.63) is 54.1 Å². The fourth-order valence-corrected chi connectivity index (χ4v) is 3.34. The van der Waals surface area contributed by atoms with Gasteiger partial charge in [0.25, 0.3) is 5.91 Å². The minimum atomic E-state index is -0.555. The minimum absolute atomic E-state index is 0.0776. The molecule has 1 unspecified atom stereocenters. The molecule has 0 saturated carbocycles. The van der Waals surface area contributed by atoms with E-state index in [0.29, 0.717) is 36.8 Å². The van der Waals surface area contributed by atoms with Gasteiger partial charge in [-0.3, -0.25) is 4.79 Å². The van der Waals surface area contributed by atoms with Gasteiger partial charge in [-0.15, -0.1) is 0 Å². The first-order valence-corrected chi connectivity index (χ1v) is 10.1. The van der Waals surface area contributed by atoms with Gasteiger partial charge in [-0.05, 0) is 49.2 Å². The van der Waals surface area contributed by atoms with Crippen molar-refractivity contribution in [2.75, 3.05) is 24.6 Å². The summed E-state index contributed by atoms with van der Waals surface area (Å²) < 4.78 is 11.8. The van der Waals surface area contributed by atoms with E-state index in [1.807, 2.05) is 24.3 Å². The number of hydrogen-bond acceptors (Lipinski definition) is 5. The van der Waals surface area contributed by atoms with E-state index in [0.717, 1.165) is 18.5 Å². The second kappa shape index (κ2) is 9.83. The second-order valence-corrected chi connectivity index (χ2v) is 7.03. The Hall–Kier alpha value is -3.20. The maximum absolute atomic E-state index is 12.7. The number of ether oxygens (including phenoxy) is 2. The molecule has 0 fully saturated rings. The number of amides is 1. The molecule has 0 saturated heterocycles. The molecule has 0 aromatic heterocycles. The Morgan fingerprint density at radius 3 is 2.66 bits per heavy atom. The second-order valence-electron chi connectivity index (χ2n) is 7.03. The van der Waals surface area contributed by atoms with E-state index in [1.165, 1.54) is 0 Å². The van der Waals surface area contributed by atoms with Crippen LogP contribution in [0.1, 0.15) is 32.3 Å². The number of nitrogens with zero attached hydrogens (tertiary/aromatic N) is 2. The molecule has 1 atom stereocenters. The van der Waals surface area contributed by atoms with Crippen LogP contribution in [0.25, 0.3) is 0 Å². The van der Waals surface area contributed by atoms with Crippen molar-refractivity contribution in [3.8, 4) is 17.6 Å². The lowest BCUT2D eigenvalue weighted by atomic mass is 10.1. The highest BCUT2D eigenvalue weighted by molar-refractivity contribution is 5.83. The molecule has 2 aromatic rings. The maximum Gasteiger partial charge on any atom is 0.263 e. The Kier molecular flexibility index (Phi) is 6.96. The van der Waals surface area contributed by atoms with Gasteiger partial charge in [-0.25, -0.2) is 0 Å². The highest BCUT2D eigenvalue weighted by Gasteiger charge is 2.31. The Morgan fingerprint density at radius 2 is 1.97 bits per heavy atom. The van der Waals surface area contributed by atoms with Crippen LogP contribution >= 0.6 is 0 Å². The summed E-state index contributed by atoms with van der Waals surface area (Å²) in [5.41, 5.74) is 1.56. The third-order valence-corrected chi connectivity index (χ3v) is 5.10. The number of carbonyl (C=O) groups is 1. The van der Waals surface area contributed by atoms with Gasteiger partial charge in [-0.1, -0.05) is 26.0 Å². The van der Waals surface area contributed by atoms with Gasteiger partial charge in [0.1, 0.15) is 18.1 Å². The summed E-state index contributed by atoms with van der Waals surface area (Å²) in [5.74, 6) is 1.35. The van der Waals surface area contributed by atoms with E-state index < -0.39 is 6.10 Å². The van der Waals surface area contributed by atoms with Crippen LogP contribution < -0.4 is 19.7 Å². The lowest BCUT2D eigenvalue weighted by Gasteiger charge is -2.36. The van der Waals surface area contributed by atoms with Crippen molar-refractivity contribution in [3.63, 3.8) is 0 Å². The molecule has 6 nitrogen and oxygen atoms in total. The van der Waals surface area contributed by atoms with E-state index in [2.05, 4.69) is 30.1 Å². The predicted octanol–water partition coefficient (Wildman–Crippen LogP) is 3.51. The van der Waals surface area contributed by atoms with Crippen LogP contribution in [0.15, 0.2) is 48.5 Å². The van der Waals surface area contributed by atoms with Crippen LogP contribution in [0.5, 0.6) is 11.5 Å². The van der Waals surface area contributed by atoms with Crippen LogP contribution in [0.2, 0.25) is 0 Å². The largest absolute Gasteiger partial charge is 0.492 e. The third kappa shape index (κ3) is 5.20. The fourth-order valence-electron chi connectivity index (χ4n) is 3.34. The molecule has 29 heavy (non-hydrogen) atoms. The Morgan fingerprint density at radius 1 is 1.24 bits per heavy atom. The van der Waals surface area contributed by atoms with Crippen LogP contribution in [0.3, 0.4) is 0 Å². The molecule has 0 spiro atoms. The Bertz CT molecular complexity index is 856. The zero-order valence-electron chi connectivity index (χ0n) is 16.9. The number of para-hydroxylation sites is 2. The summed E-state index contributed by atoms with van der Waals surface area (Å²) in [6, 6.07) is 17.1. The van der Waals surface area contributed by atoms with E-state index in [1.54, 1.807) is 24.3 Å². The average molecular weight is 393 g/mol. The van der Waals surface area contributed by atoms with Gasteiger partial charge in [0.2, 0.25) is 0 Å². The van der Waals surface area contributed by atoms with Crippen LogP contribution in [-0.2, 0) is 4.79 Å².